The Balaban J connectivity index is 1.92. The molecule has 1 amide bonds. The predicted molar refractivity (Wildman–Crippen MR) is 109 cm³/mol. The molecule has 1 unspecified atom stereocenters. The summed E-state index contributed by atoms with van der Waals surface area (Å²) < 4.78 is 31.3. The molecule has 0 heterocycles. The third kappa shape index (κ3) is 6.61. The molecule has 0 aromatic heterocycles. The highest BCUT2D eigenvalue weighted by molar-refractivity contribution is 7.89. The maximum atomic E-state index is 12.2. The molecule has 0 radical (unpaired) electrons. The molecule has 1 atom stereocenters. The maximum absolute atomic E-state index is 12.2. The number of amides is 1. The number of rotatable bonds is 8. The molecule has 2 rings (SSSR count). The number of hydrogen-bond acceptors (Lipinski definition) is 5. The number of benzene rings is 2. The molecule has 0 saturated heterocycles. The van der Waals surface area contributed by atoms with Crippen molar-refractivity contribution in [1.29, 1.82) is 0 Å². The molecule has 0 aliphatic carbocycles. The van der Waals surface area contributed by atoms with Crippen molar-refractivity contribution in [1.82, 2.24) is 10.0 Å². The zero-order chi connectivity index (χ0) is 21.4. The van der Waals surface area contributed by atoms with Gasteiger partial charge in [0.15, 0.2) is 6.10 Å². The summed E-state index contributed by atoms with van der Waals surface area (Å²) in [5, 5.41) is 3.25. The number of sulfonamides is 1. The lowest BCUT2D eigenvalue weighted by Crippen LogP contribution is -2.35. The lowest BCUT2D eigenvalue weighted by atomic mass is 10.2. The van der Waals surface area contributed by atoms with E-state index in [1.165, 1.54) is 31.2 Å². The zero-order valence-electron chi connectivity index (χ0n) is 15.5. The van der Waals surface area contributed by atoms with E-state index in [4.69, 9.17) is 22.8 Å². The second-order valence-electron chi connectivity index (χ2n) is 5.94. The Labute approximate surface area is 174 Å². The van der Waals surface area contributed by atoms with E-state index in [9.17, 15) is 18.0 Å². The van der Waals surface area contributed by atoms with Gasteiger partial charge in [-0.25, -0.2) is 13.2 Å². The highest BCUT2D eigenvalue weighted by atomic mass is 35.5. The minimum absolute atomic E-state index is 0.0435. The lowest BCUT2D eigenvalue weighted by Gasteiger charge is -2.14. The summed E-state index contributed by atoms with van der Waals surface area (Å²) in [5.41, 5.74) is 0.953. The van der Waals surface area contributed by atoms with Crippen molar-refractivity contribution in [3.8, 4) is 12.3 Å². The van der Waals surface area contributed by atoms with E-state index in [0.717, 1.165) is 5.56 Å². The molecule has 152 valence electrons. The van der Waals surface area contributed by atoms with E-state index < -0.39 is 28.0 Å². The molecule has 0 bridgehead atoms. The molecule has 9 heteroatoms. The fourth-order valence-corrected chi connectivity index (χ4v) is 3.27. The SMILES string of the molecule is C#CCNS(=O)(=O)c1ccc(C(=O)OC(C)C(=O)NCc2ccc(Cl)cc2)cc1. The van der Waals surface area contributed by atoms with Crippen LogP contribution in [-0.4, -0.2) is 32.9 Å². The van der Waals surface area contributed by atoms with Gasteiger partial charge in [-0.15, -0.1) is 6.42 Å². The normalized spacial score (nSPS) is 11.9. The Bertz CT molecular complexity index is 1010. The van der Waals surface area contributed by atoms with Crippen molar-refractivity contribution in [3.05, 3.63) is 64.7 Å². The third-order valence-electron chi connectivity index (χ3n) is 3.80. The molecular formula is C20H19ClN2O5S. The number of carbonyl (C=O) groups is 2. The number of terminal acetylenes is 1. The molecule has 7 nitrogen and oxygen atoms in total. The van der Waals surface area contributed by atoms with E-state index in [2.05, 4.69) is 16.0 Å². The fourth-order valence-electron chi connectivity index (χ4n) is 2.21. The lowest BCUT2D eigenvalue weighted by molar-refractivity contribution is -0.129. The molecule has 0 saturated carbocycles. The molecule has 2 aromatic rings. The number of carbonyl (C=O) groups excluding carboxylic acids is 2. The first kappa shape index (κ1) is 22.4. The van der Waals surface area contributed by atoms with Crippen molar-refractivity contribution < 1.29 is 22.7 Å². The Morgan fingerprint density at radius 1 is 1.14 bits per heavy atom. The van der Waals surface area contributed by atoms with Gasteiger partial charge in [0.25, 0.3) is 5.91 Å². The number of halogens is 1. The number of nitrogens with one attached hydrogen (secondary N) is 2. The van der Waals surface area contributed by atoms with E-state index >= 15 is 0 Å². The van der Waals surface area contributed by atoms with Crippen molar-refractivity contribution in [2.75, 3.05) is 6.54 Å². The summed E-state index contributed by atoms with van der Waals surface area (Å²) >= 11 is 5.81. The molecule has 2 aromatic carbocycles. The highest BCUT2D eigenvalue weighted by Gasteiger charge is 2.20. The third-order valence-corrected chi connectivity index (χ3v) is 5.47. The molecular weight excluding hydrogens is 416 g/mol. The summed E-state index contributed by atoms with van der Waals surface area (Å²) in [5.74, 6) is 0.953. The molecule has 29 heavy (non-hydrogen) atoms. The van der Waals surface area contributed by atoms with Crippen molar-refractivity contribution in [2.45, 2.75) is 24.5 Å². The molecule has 0 aliphatic rings. The number of ether oxygens (including phenoxy) is 1. The second kappa shape index (κ2) is 10.1. The van der Waals surface area contributed by atoms with Crippen molar-refractivity contribution in [3.63, 3.8) is 0 Å². The van der Waals surface area contributed by atoms with Crippen LogP contribution in [-0.2, 0) is 26.1 Å². The zero-order valence-corrected chi connectivity index (χ0v) is 17.1. The van der Waals surface area contributed by atoms with Crippen LogP contribution in [0.25, 0.3) is 0 Å². The molecule has 0 aliphatic heterocycles. The largest absolute Gasteiger partial charge is 0.449 e. The van der Waals surface area contributed by atoms with Gasteiger partial charge in [0.1, 0.15) is 0 Å². The van der Waals surface area contributed by atoms with Gasteiger partial charge in [-0.3, -0.25) is 4.79 Å². The number of esters is 1. The minimum atomic E-state index is -3.75. The Kier molecular flexibility index (Phi) is 7.79. The monoisotopic (exact) mass is 434 g/mol. The highest BCUT2D eigenvalue weighted by Crippen LogP contribution is 2.12. The van der Waals surface area contributed by atoms with Crippen LogP contribution in [0.15, 0.2) is 53.4 Å². The van der Waals surface area contributed by atoms with E-state index in [-0.39, 0.29) is 23.5 Å². The van der Waals surface area contributed by atoms with Crippen LogP contribution in [0.3, 0.4) is 0 Å². The van der Waals surface area contributed by atoms with E-state index in [1.807, 2.05) is 0 Å². The van der Waals surface area contributed by atoms with Gasteiger partial charge in [0, 0.05) is 11.6 Å². The van der Waals surface area contributed by atoms with Gasteiger partial charge in [-0.1, -0.05) is 29.7 Å². The Morgan fingerprint density at radius 2 is 1.76 bits per heavy atom. The second-order valence-corrected chi connectivity index (χ2v) is 8.15. The summed E-state index contributed by atoms with van der Waals surface area (Å²) in [6.45, 7) is 1.56. The first-order valence-electron chi connectivity index (χ1n) is 8.49. The van der Waals surface area contributed by atoms with Gasteiger partial charge in [-0.05, 0) is 48.9 Å². The van der Waals surface area contributed by atoms with Crippen LogP contribution >= 0.6 is 11.6 Å². The summed E-state index contributed by atoms with van der Waals surface area (Å²) in [6.07, 6.45) is 4.00. The minimum Gasteiger partial charge on any atom is -0.449 e. The number of hydrogen-bond donors (Lipinski definition) is 2. The van der Waals surface area contributed by atoms with Crippen LogP contribution in [0, 0.1) is 12.3 Å². The van der Waals surface area contributed by atoms with Crippen LogP contribution in [0.1, 0.15) is 22.8 Å². The van der Waals surface area contributed by atoms with Gasteiger partial charge in [0.05, 0.1) is 17.0 Å². The summed E-state index contributed by atoms with van der Waals surface area (Å²) in [6, 6.07) is 12.1. The van der Waals surface area contributed by atoms with Crippen molar-refractivity contribution >= 4 is 33.5 Å². The van der Waals surface area contributed by atoms with Crippen LogP contribution in [0.5, 0.6) is 0 Å². The van der Waals surface area contributed by atoms with Gasteiger partial charge < -0.3 is 10.1 Å². The van der Waals surface area contributed by atoms with E-state index in [1.54, 1.807) is 24.3 Å². The average Bonchev–Trinajstić information content (AvgIpc) is 2.71. The van der Waals surface area contributed by atoms with Crippen LogP contribution in [0.4, 0.5) is 0 Å². The van der Waals surface area contributed by atoms with E-state index in [0.29, 0.717) is 5.02 Å². The van der Waals surface area contributed by atoms with Gasteiger partial charge in [0.2, 0.25) is 10.0 Å². The van der Waals surface area contributed by atoms with Gasteiger partial charge >= 0.3 is 5.97 Å². The smallest absolute Gasteiger partial charge is 0.338 e. The maximum Gasteiger partial charge on any atom is 0.338 e. The topological polar surface area (TPSA) is 102 Å². The predicted octanol–water partition coefficient (Wildman–Crippen LogP) is 2.11. The standard InChI is InChI=1S/C20H19ClN2O5S/c1-3-12-23-29(26,27)18-10-6-16(7-11-18)20(25)28-14(2)19(24)22-13-15-4-8-17(21)9-5-15/h1,4-11,14,23H,12-13H2,2H3,(H,22,24). The average molecular weight is 435 g/mol. The summed E-state index contributed by atoms with van der Waals surface area (Å²) in [7, 11) is -3.75. The quantitative estimate of drug-likeness (QED) is 0.489. The Morgan fingerprint density at radius 3 is 2.34 bits per heavy atom. The first-order valence-corrected chi connectivity index (χ1v) is 10.4. The molecule has 0 fully saturated rings. The molecule has 0 spiro atoms. The first-order chi connectivity index (χ1) is 13.7. The van der Waals surface area contributed by atoms with Crippen LogP contribution in [0.2, 0.25) is 5.02 Å². The molecule has 2 N–H and O–H groups in total. The van der Waals surface area contributed by atoms with Crippen molar-refractivity contribution in [2.24, 2.45) is 0 Å². The Hall–Kier alpha value is -2.86. The van der Waals surface area contributed by atoms with Crippen LogP contribution < -0.4 is 10.0 Å². The van der Waals surface area contributed by atoms with Gasteiger partial charge in [-0.2, -0.15) is 4.72 Å². The summed E-state index contributed by atoms with van der Waals surface area (Å²) in [4.78, 5) is 24.3. The fraction of sp³-hybridized carbons (Fsp3) is 0.200.